The van der Waals surface area contributed by atoms with Crippen LogP contribution in [0.1, 0.15) is 80.1 Å². The van der Waals surface area contributed by atoms with Crippen molar-refractivity contribution in [1.82, 2.24) is 0 Å². The molecule has 0 heterocycles. The van der Waals surface area contributed by atoms with Gasteiger partial charge in [-0.25, -0.2) is 0 Å². The Balaban J connectivity index is 1.71. The first kappa shape index (κ1) is 24.2. The number of allylic oxidation sites excluding steroid dienone is 3. The predicted molar refractivity (Wildman–Crippen MR) is 128 cm³/mol. The zero-order valence-corrected chi connectivity index (χ0v) is 20.8. The van der Waals surface area contributed by atoms with Gasteiger partial charge in [-0.2, -0.15) is 0 Å². The Kier molecular flexibility index (Phi) is 5.89. The fourth-order valence-electron chi connectivity index (χ4n) is 7.45. The van der Waals surface area contributed by atoms with Gasteiger partial charge in [-0.15, -0.1) is 0 Å². The van der Waals surface area contributed by atoms with Crippen LogP contribution in [0.2, 0.25) is 0 Å². The maximum Gasteiger partial charge on any atom is 0.106 e. The van der Waals surface area contributed by atoms with Crippen LogP contribution in [-0.4, -0.2) is 43.8 Å². The van der Waals surface area contributed by atoms with Gasteiger partial charge in [0, 0.05) is 17.3 Å². The zero-order valence-electron chi connectivity index (χ0n) is 20.8. The lowest BCUT2D eigenvalue weighted by molar-refractivity contribution is -0.176. The fraction of sp³-hybridized carbons (Fsp3) is 0.786. The quantitative estimate of drug-likeness (QED) is 0.480. The van der Waals surface area contributed by atoms with Crippen LogP contribution in [0, 0.1) is 34.5 Å². The molecule has 0 aromatic rings. The van der Waals surface area contributed by atoms with Crippen LogP contribution in [0.5, 0.6) is 0 Å². The molecule has 4 aliphatic rings. The highest BCUT2D eigenvalue weighted by atomic mass is 16.3. The summed E-state index contributed by atoms with van der Waals surface area (Å²) in [7, 11) is 0. The van der Waals surface area contributed by atoms with Crippen molar-refractivity contribution < 1.29 is 20.4 Å². The minimum absolute atomic E-state index is 0.167. The molecule has 0 aromatic heterocycles. The van der Waals surface area contributed by atoms with E-state index in [1.807, 2.05) is 6.92 Å². The highest BCUT2D eigenvalue weighted by molar-refractivity contribution is 5.54. The first-order valence-electron chi connectivity index (χ1n) is 12.7. The summed E-state index contributed by atoms with van der Waals surface area (Å²) in [6.45, 7) is 13.3. The molecular formula is C28H44O4. The molecular weight excluding hydrogens is 400 g/mol. The minimum Gasteiger partial charge on any atom is -0.393 e. The van der Waals surface area contributed by atoms with Gasteiger partial charge in [-0.1, -0.05) is 59.8 Å². The molecule has 0 aliphatic heterocycles. The van der Waals surface area contributed by atoms with E-state index in [0.717, 1.165) is 24.0 Å². The van der Waals surface area contributed by atoms with Crippen LogP contribution >= 0.6 is 0 Å². The Bertz CT molecular complexity index is 842. The lowest BCUT2D eigenvalue weighted by atomic mass is 9.48. The van der Waals surface area contributed by atoms with Crippen LogP contribution in [0.3, 0.4) is 0 Å². The van der Waals surface area contributed by atoms with E-state index in [2.05, 4.69) is 52.8 Å². The van der Waals surface area contributed by atoms with Gasteiger partial charge in [0.1, 0.15) is 11.7 Å². The molecule has 0 unspecified atom stereocenters. The van der Waals surface area contributed by atoms with Gasteiger partial charge >= 0.3 is 0 Å². The summed E-state index contributed by atoms with van der Waals surface area (Å²) in [4.78, 5) is 0. The molecule has 0 radical (unpaired) electrons. The molecule has 9 atom stereocenters. The van der Waals surface area contributed by atoms with Gasteiger partial charge in [0.2, 0.25) is 0 Å². The van der Waals surface area contributed by atoms with E-state index in [0.29, 0.717) is 42.9 Å². The topological polar surface area (TPSA) is 80.9 Å². The standard InChI is InChI=1S/C28H44O4/c1-17(2)18(3)7-8-19(4)21-11-14-27(31)23-15-24(30)28(32)16-20(29)9-12-26(28,6)22(23)10-13-25(21,27)5/h7-8,10,15,17-21,24,29-32H,9,11-14,16H2,1-6H3/b8-7+/t18-,19+,20-,21+,24+,25+,26+,27+,28-/m0/s1. The molecule has 4 rings (SSSR count). The van der Waals surface area contributed by atoms with Crippen LogP contribution < -0.4 is 0 Å². The third-order valence-electron chi connectivity index (χ3n) is 10.3. The van der Waals surface area contributed by atoms with Gasteiger partial charge < -0.3 is 20.4 Å². The fourth-order valence-corrected chi connectivity index (χ4v) is 7.45. The summed E-state index contributed by atoms with van der Waals surface area (Å²) in [5.74, 6) is 1.84. The minimum atomic E-state index is -1.40. The van der Waals surface area contributed by atoms with Crippen molar-refractivity contribution in [1.29, 1.82) is 0 Å². The summed E-state index contributed by atoms with van der Waals surface area (Å²) in [5, 5.41) is 45.1. The molecule has 4 aliphatic carbocycles. The van der Waals surface area contributed by atoms with Crippen molar-refractivity contribution in [2.24, 2.45) is 34.5 Å². The Hall–Kier alpha value is -0.940. The SMILES string of the molecule is CC(C)[C@@H](C)/C=C/[C@@H](C)[C@H]1CC[C@@]2(O)C3=C[C@@H](O)[C@@]4(O)C[C@@H](O)CC[C@]4(C)C3=CC[C@]12C. The van der Waals surface area contributed by atoms with Crippen LogP contribution in [-0.2, 0) is 0 Å². The van der Waals surface area contributed by atoms with Gasteiger partial charge in [-0.3, -0.25) is 0 Å². The molecule has 2 saturated carbocycles. The molecule has 0 bridgehead atoms. The van der Waals surface area contributed by atoms with E-state index in [1.54, 1.807) is 6.08 Å². The highest BCUT2D eigenvalue weighted by Gasteiger charge is 2.67. The lowest BCUT2D eigenvalue weighted by Crippen LogP contribution is -2.64. The van der Waals surface area contributed by atoms with Crippen LogP contribution in [0.15, 0.2) is 35.5 Å². The summed E-state index contributed by atoms with van der Waals surface area (Å²) in [6.07, 6.45) is 10.7. The summed E-state index contributed by atoms with van der Waals surface area (Å²) < 4.78 is 0. The van der Waals surface area contributed by atoms with Crippen LogP contribution in [0.4, 0.5) is 0 Å². The third-order valence-corrected chi connectivity index (χ3v) is 10.3. The second-order valence-corrected chi connectivity index (χ2v) is 12.3. The third kappa shape index (κ3) is 3.16. The number of fused-ring (bicyclic) bond motifs is 5. The van der Waals surface area contributed by atoms with Crippen molar-refractivity contribution in [3.05, 3.63) is 35.5 Å². The Morgan fingerprint density at radius 1 is 0.969 bits per heavy atom. The zero-order chi connectivity index (χ0) is 23.7. The van der Waals surface area contributed by atoms with E-state index in [-0.39, 0.29) is 11.8 Å². The first-order valence-corrected chi connectivity index (χ1v) is 12.7. The number of hydrogen-bond acceptors (Lipinski definition) is 4. The smallest absolute Gasteiger partial charge is 0.106 e. The van der Waals surface area contributed by atoms with E-state index in [9.17, 15) is 20.4 Å². The number of hydrogen-bond donors (Lipinski definition) is 4. The van der Waals surface area contributed by atoms with Gasteiger partial charge in [0.15, 0.2) is 0 Å². The average Bonchev–Trinajstić information content (AvgIpc) is 3.00. The molecule has 32 heavy (non-hydrogen) atoms. The molecule has 4 nitrogen and oxygen atoms in total. The average molecular weight is 445 g/mol. The molecule has 0 spiro atoms. The van der Waals surface area contributed by atoms with E-state index in [1.165, 1.54) is 0 Å². The number of rotatable bonds is 4. The lowest BCUT2D eigenvalue weighted by Gasteiger charge is -2.60. The van der Waals surface area contributed by atoms with Crippen LogP contribution in [0.25, 0.3) is 0 Å². The molecule has 180 valence electrons. The van der Waals surface area contributed by atoms with Crippen molar-refractivity contribution in [2.75, 3.05) is 0 Å². The molecule has 0 amide bonds. The second-order valence-electron chi connectivity index (χ2n) is 12.3. The molecule has 2 fully saturated rings. The summed E-state index contributed by atoms with van der Waals surface area (Å²) in [5.41, 5.74) is -1.55. The first-order chi connectivity index (χ1) is 14.8. The van der Waals surface area contributed by atoms with Crippen molar-refractivity contribution in [2.45, 2.75) is 103 Å². The maximum absolute atomic E-state index is 12.2. The van der Waals surface area contributed by atoms with E-state index in [4.69, 9.17) is 0 Å². The van der Waals surface area contributed by atoms with Crippen molar-refractivity contribution in [3.8, 4) is 0 Å². The van der Waals surface area contributed by atoms with E-state index < -0.39 is 28.8 Å². The summed E-state index contributed by atoms with van der Waals surface area (Å²) >= 11 is 0. The Labute approximate surface area is 194 Å². The Morgan fingerprint density at radius 2 is 1.66 bits per heavy atom. The molecule has 4 N–H and O–H groups in total. The van der Waals surface area contributed by atoms with Crippen molar-refractivity contribution >= 4 is 0 Å². The largest absolute Gasteiger partial charge is 0.393 e. The monoisotopic (exact) mass is 444 g/mol. The number of aliphatic hydroxyl groups excluding tert-OH is 2. The Morgan fingerprint density at radius 3 is 2.31 bits per heavy atom. The highest BCUT2D eigenvalue weighted by Crippen LogP contribution is 2.67. The van der Waals surface area contributed by atoms with Gasteiger partial charge in [0.25, 0.3) is 0 Å². The summed E-state index contributed by atoms with van der Waals surface area (Å²) in [6, 6.07) is 0. The van der Waals surface area contributed by atoms with Crippen molar-refractivity contribution in [3.63, 3.8) is 0 Å². The number of aliphatic hydroxyl groups is 4. The second kappa shape index (κ2) is 7.80. The van der Waals surface area contributed by atoms with E-state index >= 15 is 0 Å². The van der Waals surface area contributed by atoms with Gasteiger partial charge in [-0.05, 0) is 73.0 Å². The maximum atomic E-state index is 12.2. The molecule has 0 saturated heterocycles. The normalized spacial score (nSPS) is 48.0. The van der Waals surface area contributed by atoms with Gasteiger partial charge in [0.05, 0.1) is 11.7 Å². The molecule has 4 heteroatoms. The predicted octanol–water partition coefficient (Wildman–Crippen LogP) is 4.53. The molecule has 0 aromatic carbocycles.